The van der Waals surface area contributed by atoms with Crippen molar-refractivity contribution in [3.8, 4) is 5.75 Å². The SMILES string of the molecule is CC(C)CC(O)Oc1c2n(ccc1=O)N([C@H]1c3ccccc3CSc3ccccc31)CN([C@H](C)C(F)(F)F)C2=O. The lowest BCUT2D eigenvalue weighted by Crippen LogP contribution is -2.60. The Balaban J connectivity index is 1.75. The van der Waals surface area contributed by atoms with Crippen molar-refractivity contribution in [2.75, 3.05) is 11.7 Å². The Morgan fingerprint density at radius 2 is 1.70 bits per heavy atom. The van der Waals surface area contributed by atoms with Crippen LogP contribution in [0.4, 0.5) is 13.2 Å². The van der Waals surface area contributed by atoms with Gasteiger partial charge in [-0.1, -0.05) is 56.3 Å². The van der Waals surface area contributed by atoms with Crippen LogP contribution in [-0.2, 0) is 5.75 Å². The van der Waals surface area contributed by atoms with E-state index in [1.54, 1.807) is 16.8 Å². The van der Waals surface area contributed by atoms with Crippen molar-refractivity contribution in [1.29, 1.82) is 0 Å². The van der Waals surface area contributed by atoms with E-state index in [1.807, 2.05) is 62.4 Å². The summed E-state index contributed by atoms with van der Waals surface area (Å²) in [6.45, 7) is 4.21. The standard InChI is InChI=1S/C29H30F3N3O4S/c1-17(2)14-24(37)39-27-22(36)12-13-34-26(27)28(38)33(18(3)29(30,31)32)16-35(34)25-20-9-5-4-8-19(20)15-40-23-11-7-6-10-21(23)25/h4-13,17-18,24-25,37H,14-16H2,1-3H3/t18-,24?,25+/m1/s1. The molecule has 1 amide bonds. The zero-order valence-electron chi connectivity index (χ0n) is 22.3. The second kappa shape index (κ2) is 10.9. The van der Waals surface area contributed by atoms with Crippen molar-refractivity contribution in [2.24, 2.45) is 5.92 Å². The Bertz CT molecular complexity index is 1430. The molecule has 0 fully saturated rings. The van der Waals surface area contributed by atoms with Crippen molar-refractivity contribution in [2.45, 2.75) is 62.4 Å². The van der Waals surface area contributed by atoms with Crippen LogP contribution in [0.15, 0.2) is 70.5 Å². The van der Waals surface area contributed by atoms with Crippen molar-refractivity contribution >= 4 is 17.7 Å². The lowest BCUT2D eigenvalue weighted by Gasteiger charge is -2.46. The Morgan fingerprint density at radius 1 is 1.02 bits per heavy atom. The average Bonchev–Trinajstić information content (AvgIpc) is 3.06. The quantitative estimate of drug-likeness (QED) is 0.404. The molecule has 1 unspecified atom stereocenters. The minimum absolute atomic E-state index is 0.00253. The Labute approximate surface area is 234 Å². The maximum absolute atomic E-state index is 14.1. The molecule has 2 aliphatic rings. The topological polar surface area (TPSA) is 75.0 Å². The molecule has 40 heavy (non-hydrogen) atoms. The highest BCUT2D eigenvalue weighted by Crippen LogP contribution is 2.43. The highest BCUT2D eigenvalue weighted by Gasteiger charge is 2.48. The molecule has 2 aromatic carbocycles. The highest BCUT2D eigenvalue weighted by atomic mass is 32.2. The van der Waals surface area contributed by atoms with Gasteiger partial charge in [-0.05, 0) is 35.6 Å². The fourth-order valence-corrected chi connectivity index (χ4v) is 6.23. The molecule has 0 bridgehead atoms. The van der Waals surface area contributed by atoms with Gasteiger partial charge in [-0.2, -0.15) is 13.2 Å². The van der Waals surface area contributed by atoms with E-state index >= 15 is 0 Å². The fourth-order valence-electron chi connectivity index (χ4n) is 5.14. The number of rotatable bonds is 6. The minimum atomic E-state index is -4.72. The number of thioether (sulfide) groups is 1. The van der Waals surface area contributed by atoms with Crippen molar-refractivity contribution in [1.82, 2.24) is 9.58 Å². The number of nitrogens with zero attached hydrogens (tertiary/aromatic N) is 3. The molecule has 0 saturated carbocycles. The van der Waals surface area contributed by atoms with E-state index in [9.17, 15) is 27.9 Å². The van der Waals surface area contributed by atoms with Gasteiger partial charge in [0.15, 0.2) is 12.0 Å². The molecule has 0 radical (unpaired) electrons. The number of ether oxygens (including phenoxy) is 1. The third-order valence-electron chi connectivity index (χ3n) is 7.19. The lowest BCUT2D eigenvalue weighted by molar-refractivity contribution is -0.173. The van der Waals surface area contributed by atoms with E-state index in [1.165, 1.54) is 16.9 Å². The zero-order chi connectivity index (χ0) is 28.8. The van der Waals surface area contributed by atoms with Gasteiger partial charge in [0.2, 0.25) is 11.2 Å². The second-order valence-electron chi connectivity index (χ2n) is 10.4. The molecule has 5 rings (SSSR count). The van der Waals surface area contributed by atoms with E-state index in [0.717, 1.165) is 28.5 Å². The van der Waals surface area contributed by atoms with Crippen LogP contribution in [0.25, 0.3) is 0 Å². The summed E-state index contributed by atoms with van der Waals surface area (Å²) in [6, 6.07) is 13.8. The maximum atomic E-state index is 14.1. The molecule has 1 aromatic heterocycles. The lowest BCUT2D eigenvalue weighted by atomic mass is 9.94. The van der Waals surface area contributed by atoms with Gasteiger partial charge in [0.25, 0.3) is 5.91 Å². The van der Waals surface area contributed by atoms with E-state index in [0.29, 0.717) is 10.7 Å². The predicted octanol–water partition coefficient (Wildman–Crippen LogP) is 5.29. The van der Waals surface area contributed by atoms with E-state index in [4.69, 9.17) is 4.74 Å². The summed E-state index contributed by atoms with van der Waals surface area (Å²) in [6.07, 6.45) is -4.59. The van der Waals surface area contributed by atoms with Crippen LogP contribution in [0.1, 0.15) is 60.4 Å². The summed E-state index contributed by atoms with van der Waals surface area (Å²) in [5.41, 5.74) is 1.68. The Morgan fingerprint density at radius 3 is 2.40 bits per heavy atom. The first kappa shape index (κ1) is 28.1. The number of amides is 1. The predicted molar refractivity (Wildman–Crippen MR) is 146 cm³/mol. The number of hydrogen-bond acceptors (Lipinski definition) is 6. The van der Waals surface area contributed by atoms with E-state index in [-0.39, 0.29) is 18.0 Å². The van der Waals surface area contributed by atoms with Gasteiger partial charge in [0.1, 0.15) is 12.7 Å². The van der Waals surface area contributed by atoms with Gasteiger partial charge in [-0.25, -0.2) is 0 Å². The molecule has 0 saturated heterocycles. The van der Waals surface area contributed by atoms with Crippen LogP contribution < -0.4 is 15.2 Å². The van der Waals surface area contributed by atoms with E-state index in [2.05, 4.69) is 0 Å². The highest BCUT2D eigenvalue weighted by molar-refractivity contribution is 7.98. The summed E-state index contributed by atoms with van der Waals surface area (Å²) in [4.78, 5) is 28.4. The number of fused-ring (bicyclic) bond motifs is 3. The molecule has 0 aliphatic carbocycles. The number of carbonyl (C=O) groups is 1. The van der Waals surface area contributed by atoms with Gasteiger partial charge in [-0.3, -0.25) is 19.3 Å². The number of aromatic nitrogens is 1. The number of aliphatic hydroxyl groups is 1. The third-order valence-corrected chi connectivity index (χ3v) is 8.32. The van der Waals surface area contributed by atoms with Gasteiger partial charge in [-0.15, -0.1) is 11.8 Å². The van der Waals surface area contributed by atoms with Crippen molar-refractivity contribution < 1.29 is 27.8 Å². The van der Waals surface area contributed by atoms with Crippen LogP contribution in [0.5, 0.6) is 5.75 Å². The molecule has 3 aromatic rings. The first-order valence-electron chi connectivity index (χ1n) is 13.0. The molecule has 2 aliphatic heterocycles. The second-order valence-corrected chi connectivity index (χ2v) is 11.4. The largest absolute Gasteiger partial charge is 0.459 e. The molecule has 3 heterocycles. The maximum Gasteiger partial charge on any atom is 0.408 e. The number of hydrogen-bond donors (Lipinski definition) is 1. The number of halogens is 3. The summed E-state index contributed by atoms with van der Waals surface area (Å²) >= 11 is 1.63. The number of pyridine rings is 1. The third kappa shape index (κ3) is 5.19. The van der Waals surface area contributed by atoms with Gasteiger partial charge < -0.3 is 14.7 Å². The number of benzene rings is 2. The molecular weight excluding hydrogens is 543 g/mol. The monoisotopic (exact) mass is 573 g/mol. The smallest absolute Gasteiger partial charge is 0.408 e. The zero-order valence-corrected chi connectivity index (χ0v) is 23.1. The summed E-state index contributed by atoms with van der Waals surface area (Å²) in [5, 5.41) is 12.2. The molecule has 1 N–H and O–H groups in total. The minimum Gasteiger partial charge on any atom is -0.459 e. The van der Waals surface area contributed by atoms with Crippen LogP contribution in [-0.4, -0.2) is 45.8 Å². The Kier molecular flexibility index (Phi) is 7.62. The van der Waals surface area contributed by atoms with Gasteiger partial charge in [0.05, 0.1) is 6.04 Å². The number of carbonyl (C=O) groups excluding carboxylic acids is 1. The van der Waals surface area contributed by atoms with Crippen molar-refractivity contribution in [3.63, 3.8) is 0 Å². The number of alkyl halides is 3. The first-order chi connectivity index (χ1) is 19.0. The van der Waals surface area contributed by atoms with Gasteiger partial charge >= 0.3 is 6.18 Å². The van der Waals surface area contributed by atoms with Crippen LogP contribution >= 0.6 is 11.8 Å². The molecule has 7 nitrogen and oxygen atoms in total. The normalized spacial score (nSPS) is 18.5. The van der Waals surface area contributed by atoms with Crippen LogP contribution in [0.2, 0.25) is 0 Å². The molecule has 11 heteroatoms. The van der Waals surface area contributed by atoms with Crippen LogP contribution in [0, 0.1) is 5.92 Å². The Hall–Kier alpha value is -3.44. The fraction of sp³-hybridized carbons (Fsp3) is 0.379. The molecule has 212 valence electrons. The average molecular weight is 574 g/mol. The van der Waals surface area contributed by atoms with E-state index < -0.39 is 48.3 Å². The summed E-state index contributed by atoms with van der Waals surface area (Å²) in [5.74, 6) is -0.821. The molecular formula is C29H30F3N3O4S. The molecule has 0 spiro atoms. The summed E-state index contributed by atoms with van der Waals surface area (Å²) in [7, 11) is 0. The molecule has 3 atom stereocenters. The van der Waals surface area contributed by atoms with Crippen molar-refractivity contribution in [3.05, 3.63) is 93.4 Å². The van der Waals surface area contributed by atoms with Crippen LogP contribution in [0.3, 0.4) is 0 Å². The first-order valence-corrected chi connectivity index (χ1v) is 14.0. The number of aliphatic hydroxyl groups excluding tert-OH is 1. The summed E-state index contributed by atoms with van der Waals surface area (Å²) < 4.78 is 49.2. The van der Waals surface area contributed by atoms with Gasteiger partial charge in [0, 0.05) is 29.3 Å².